The predicted octanol–water partition coefficient (Wildman–Crippen LogP) is 1.24. The van der Waals surface area contributed by atoms with E-state index in [1.807, 2.05) is 13.8 Å². The van der Waals surface area contributed by atoms with Gasteiger partial charge in [0, 0.05) is 19.1 Å². The molecule has 1 saturated heterocycles. The number of hydrogen-bond acceptors (Lipinski definition) is 3. The lowest BCUT2D eigenvalue weighted by Crippen LogP contribution is -2.48. The van der Waals surface area contributed by atoms with Crippen LogP contribution in [-0.4, -0.2) is 45.9 Å². The highest BCUT2D eigenvalue weighted by molar-refractivity contribution is 4.95. The first-order valence-corrected chi connectivity index (χ1v) is 5.74. The molecule has 0 aromatic heterocycles. The maximum absolute atomic E-state index is 10.0. The van der Waals surface area contributed by atoms with Crippen LogP contribution in [-0.2, 0) is 0 Å². The van der Waals surface area contributed by atoms with Crippen molar-refractivity contribution < 1.29 is 10.2 Å². The number of aliphatic hydroxyl groups is 2. The van der Waals surface area contributed by atoms with Crippen molar-refractivity contribution in [3.63, 3.8) is 0 Å². The summed E-state index contributed by atoms with van der Waals surface area (Å²) in [6.45, 7) is 11.8. The maximum atomic E-state index is 10.0. The molecule has 2 atom stereocenters. The van der Waals surface area contributed by atoms with Crippen molar-refractivity contribution in [2.24, 2.45) is 5.41 Å². The SMILES string of the molecule is CC(C)(C)CN1CC(O)CC1C(C)(C)O. The van der Waals surface area contributed by atoms with Gasteiger partial charge in [-0.15, -0.1) is 0 Å². The Hall–Kier alpha value is -0.120. The smallest absolute Gasteiger partial charge is 0.0747 e. The van der Waals surface area contributed by atoms with Gasteiger partial charge < -0.3 is 10.2 Å². The average Bonchev–Trinajstić information content (AvgIpc) is 2.25. The van der Waals surface area contributed by atoms with Crippen LogP contribution in [0.1, 0.15) is 41.0 Å². The van der Waals surface area contributed by atoms with Crippen molar-refractivity contribution in [3.05, 3.63) is 0 Å². The standard InChI is InChI=1S/C12H25NO2/c1-11(2,3)8-13-7-9(14)6-10(13)12(4,5)15/h9-10,14-15H,6-8H2,1-5H3. The Morgan fingerprint density at radius 3 is 2.13 bits per heavy atom. The van der Waals surface area contributed by atoms with E-state index < -0.39 is 5.60 Å². The predicted molar refractivity (Wildman–Crippen MR) is 61.7 cm³/mol. The molecule has 0 aromatic rings. The topological polar surface area (TPSA) is 43.7 Å². The summed E-state index contributed by atoms with van der Waals surface area (Å²) in [4.78, 5) is 2.21. The van der Waals surface area contributed by atoms with Gasteiger partial charge in [0.25, 0.3) is 0 Å². The van der Waals surface area contributed by atoms with Gasteiger partial charge in [-0.25, -0.2) is 0 Å². The third-order valence-electron chi connectivity index (χ3n) is 2.87. The molecule has 0 amide bonds. The molecular weight excluding hydrogens is 190 g/mol. The van der Waals surface area contributed by atoms with Crippen LogP contribution in [0.15, 0.2) is 0 Å². The molecule has 0 aromatic carbocycles. The zero-order chi connectivity index (χ0) is 11.9. The lowest BCUT2D eigenvalue weighted by Gasteiger charge is -2.37. The molecule has 90 valence electrons. The number of rotatable bonds is 2. The second-order valence-electron chi connectivity index (χ2n) is 6.55. The summed E-state index contributed by atoms with van der Waals surface area (Å²) in [7, 11) is 0. The van der Waals surface area contributed by atoms with E-state index in [1.165, 1.54) is 0 Å². The Morgan fingerprint density at radius 2 is 1.73 bits per heavy atom. The molecule has 0 bridgehead atoms. The average molecular weight is 215 g/mol. The van der Waals surface area contributed by atoms with E-state index in [1.54, 1.807) is 0 Å². The summed E-state index contributed by atoms with van der Waals surface area (Å²) < 4.78 is 0. The molecule has 0 aliphatic carbocycles. The molecule has 1 fully saturated rings. The van der Waals surface area contributed by atoms with Crippen LogP contribution in [0.4, 0.5) is 0 Å². The Bertz CT molecular complexity index is 215. The van der Waals surface area contributed by atoms with Crippen molar-refractivity contribution in [1.29, 1.82) is 0 Å². The normalized spacial score (nSPS) is 29.8. The largest absolute Gasteiger partial charge is 0.392 e. The molecule has 1 heterocycles. The van der Waals surface area contributed by atoms with Crippen molar-refractivity contribution in [1.82, 2.24) is 4.90 Å². The summed E-state index contributed by atoms with van der Waals surface area (Å²) >= 11 is 0. The quantitative estimate of drug-likeness (QED) is 0.728. The minimum Gasteiger partial charge on any atom is -0.392 e. The monoisotopic (exact) mass is 215 g/mol. The number of aliphatic hydroxyl groups excluding tert-OH is 1. The summed E-state index contributed by atoms with van der Waals surface area (Å²) in [5.41, 5.74) is -0.531. The minimum absolute atomic E-state index is 0.0757. The fraction of sp³-hybridized carbons (Fsp3) is 1.00. The van der Waals surface area contributed by atoms with Gasteiger partial charge in [-0.05, 0) is 25.7 Å². The van der Waals surface area contributed by atoms with Crippen LogP contribution >= 0.6 is 0 Å². The van der Waals surface area contributed by atoms with Crippen LogP contribution < -0.4 is 0 Å². The first-order valence-electron chi connectivity index (χ1n) is 5.74. The Morgan fingerprint density at radius 1 is 1.20 bits per heavy atom. The molecule has 0 radical (unpaired) electrons. The van der Waals surface area contributed by atoms with Gasteiger partial charge in [0.05, 0.1) is 11.7 Å². The van der Waals surface area contributed by atoms with E-state index in [9.17, 15) is 10.2 Å². The lowest BCUT2D eigenvalue weighted by molar-refractivity contribution is -0.0114. The highest BCUT2D eigenvalue weighted by Gasteiger charge is 2.40. The van der Waals surface area contributed by atoms with E-state index in [-0.39, 0.29) is 17.6 Å². The summed E-state index contributed by atoms with van der Waals surface area (Å²) in [5.74, 6) is 0. The molecule has 1 rings (SSSR count). The number of hydrogen-bond donors (Lipinski definition) is 2. The van der Waals surface area contributed by atoms with E-state index in [0.29, 0.717) is 13.0 Å². The number of β-amino-alcohol motifs (C(OH)–C–C–N with tert-alkyl or cyclic N) is 1. The van der Waals surface area contributed by atoms with Gasteiger partial charge in [-0.2, -0.15) is 0 Å². The second kappa shape index (κ2) is 4.04. The Labute approximate surface area is 93.1 Å². The lowest BCUT2D eigenvalue weighted by atomic mass is 9.92. The number of nitrogens with zero attached hydrogens (tertiary/aromatic N) is 1. The number of likely N-dealkylation sites (tertiary alicyclic amines) is 1. The second-order valence-corrected chi connectivity index (χ2v) is 6.55. The molecule has 1 aliphatic heterocycles. The molecule has 0 spiro atoms. The van der Waals surface area contributed by atoms with Crippen molar-refractivity contribution in [3.8, 4) is 0 Å². The third-order valence-corrected chi connectivity index (χ3v) is 2.87. The Kier molecular flexibility index (Phi) is 3.49. The molecule has 15 heavy (non-hydrogen) atoms. The van der Waals surface area contributed by atoms with Crippen LogP contribution in [0.5, 0.6) is 0 Å². The van der Waals surface area contributed by atoms with E-state index in [0.717, 1.165) is 6.54 Å². The minimum atomic E-state index is -0.733. The fourth-order valence-corrected chi connectivity index (χ4v) is 2.40. The third kappa shape index (κ3) is 3.74. The Balaban J connectivity index is 2.70. The summed E-state index contributed by atoms with van der Waals surface area (Å²) in [6.07, 6.45) is 0.392. The first-order chi connectivity index (χ1) is 6.59. The van der Waals surface area contributed by atoms with Crippen molar-refractivity contribution in [2.75, 3.05) is 13.1 Å². The van der Waals surface area contributed by atoms with Crippen LogP contribution in [0.3, 0.4) is 0 Å². The van der Waals surface area contributed by atoms with Gasteiger partial charge in [0.15, 0.2) is 0 Å². The zero-order valence-electron chi connectivity index (χ0n) is 10.6. The van der Waals surface area contributed by atoms with E-state index in [4.69, 9.17) is 0 Å². The van der Waals surface area contributed by atoms with E-state index in [2.05, 4.69) is 25.7 Å². The van der Waals surface area contributed by atoms with Gasteiger partial charge >= 0.3 is 0 Å². The van der Waals surface area contributed by atoms with Crippen molar-refractivity contribution in [2.45, 2.75) is 58.8 Å². The molecular formula is C12H25NO2. The highest BCUT2D eigenvalue weighted by Crippen LogP contribution is 2.30. The molecule has 2 N–H and O–H groups in total. The molecule has 2 unspecified atom stereocenters. The van der Waals surface area contributed by atoms with Gasteiger partial charge in [0.2, 0.25) is 0 Å². The van der Waals surface area contributed by atoms with Gasteiger partial charge in [0.1, 0.15) is 0 Å². The van der Waals surface area contributed by atoms with Gasteiger partial charge in [-0.1, -0.05) is 20.8 Å². The molecule has 0 saturated carbocycles. The summed E-state index contributed by atoms with van der Waals surface area (Å²) in [5, 5.41) is 19.7. The fourth-order valence-electron chi connectivity index (χ4n) is 2.40. The van der Waals surface area contributed by atoms with Gasteiger partial charge in [-0.3, -0.25) is 4.90 Å². The van der Waals surface area contributed by atoms with Crippen LogP contribution in [0.25, 0.3) is 0 Å². The zero-order valence-corrected chi connectivity index (χ0v) is 10.6. The van der Waals surface area contributed by atoms with Crippen molar-refractivity contribution >= 4 is 0 Å². The highest BCUT2D eigenvalue weighted by atomic mass is 16.3. The first kappa shape index (κ1) is 12.9. The molecule has 1 aliphatic rings. The van der Waals surface area contributed by atoms with E-state index >= 15 is 0 Å². The molecule has 3 nitrogen and oxygen atoms in total. The maximum Gasteiger partial charge on any atom is 0.0747 e. The van der Waals surface area contributed by atoms with Crippen LogP contribution in [0, 0.1) is 5.41 Å². The summed E-state index contributed by atoms with van der Waals surface area (Å²) in [6, 6.07) is 0.0757. The van der Waals surface area contributed by atoms with Crippen LogP contribution in [0.2, 0.25) is 0 Å². The molecule has 3 heteroatoms.